The number of carboxylic acid groups (broad SMARTS) is 1. The van der Waals surface area contributed by atoms with Gasteiger partial charge in [0.2, 0.25) is 0 Å². The monoisotopic (exact) mass is 498 g/mol. The van der Waals surface area contributed by atoms with Gasteiger partial charge in [0, 0.05) is 0 Å². The number of carbonyl (C=O) groups excluding carboxylic acids is 1. The first kappa shape index (κ1) is 28.4. The zero-order valence-electron chi connectivity index (χ0n) is 11.5. The van der Waals surface area contributed by atoms with Crippen molar-refractivity contribution in [3.05, 3.63) is 0 Å². The number of carbonyl (C=O) groups is 1. The maximum atomic E-state index is 12.8. The van der Waals surface area contributed by atoms with Gasteiger partial charge in [0.1, 0.15) is 5.97 Å². The fraction of sp³-hybridized carbons (Fsp3) is 0.875. The molecule has 2 nitrogen and oxygen atoms in total. The zero-order chi connectivity index (χ0) is 21.1. The molecular weight excluding hydrogens is 499 g/mol. The Labute approximate surface area is 180 Å². The average Bonchev–Trinajstić information content (AvgIpc) is 2.35. The Morgan fingerprint density at radius 3 is 0.962 bits per heavy atom. The molecule has 0 radical (unpaired) electrons. The Kier molecular flexibility index (Phi) is 7.92. The van der Waals surface area contributed by atoms with Crippen LogP contribution in [0, 0.1) is 0 Å². The van der Waals surface area contributed by atoms with Gasteiger partial charge in [0.25, 0.3) is 0 Å². The maximum Gasteiger partial charge on any atom is 1.00 e. The second-order valence-corrected chi connectivity index (χ2v) is 4.23. The molecule has 0 aromatic heterocycles. The van der Waals surface area contributed by atoms with Crippen LogP contribution in [0.1, 0.15) is 0 Å². The van der Waals surface area contributed by atoms with Crippen molar-refractivity contribution < 1.29 is 134 Å². The van der Waals surface area contributed by atoms with E-state index in [0.29, 0.717) is 0 Å². The van der Waals surface area contributed by atoms with E-state index in [9.17, 15) is 75.8 Å². The van der Waals surface area contributed by atoms with Crippen molar-refractivity contribution in [1.82, 2.24) is 0 Å². The molecule has 0 saturated heterocycles. The zero-order valence-corrected chi connectivity index (χ0v) is 16.4. The number of hydrogen-bond donors (Lipinski definition) is 0. The van der Waals surface area contributed by atoms with E-state index in [1.807, 2.05) is 0 Å². The summed E-state index contributed by atoms with van der Waals surface area (Å²) in [4.78, 5) is 9.61. The molecule has 150 valence electrons. The summed E-state index contributed by atoms with van der Waals surface area (Å²) in [5, 5.41) is 9.61. The molecule has 0 bridgehead atoms. The van der Waals surface area contributed by atoms with Gasteiger partial charge < -0.3 is 9.90 Å². The van der Waals surface area contributed by atoms with Gasteiger partial charge in [-0.25, -0.2) is 0 Å². The molecular formula is C8F15O2Rb. The average molecular weight is 499 g/mol. The summed E-state index contributed by atoms with van der Waals surface area (Å²) in [6.07, 6.45) is -7.71. The molecule has 0 unspecified atom stereocenters. The van der Waals surface area contributed by atoms with Crippen LogP contribution in [0.2, 0.25) is 0 Å². The Balaban J connectivity index is 0. The van der Waals surface area contributed by atoms with E-state index < -0.39 is 47.7 Å². The minimum absolute atomic E-state index is 0. The standard InChI is InChI=1S/C8HF15O2.Rb/c9-2(10,1(24)25)3(11,12)4(13,14)5(15,16)6(17,18)7(19,20)8(21,22)23;/h(H,24,25);/q;+1/p-1. The van der Waals surface area contributed by atoms with E-state index in [2.05, 4.69) is 0 Å². The van der Waals surface area contributed by atoms with Gasteiger partial charge in [-0.2, -0.15) is 65.9 Å². The number of hydrogen-bond acceptors (Lipinski definition) is 2. The maximum absolute atomic E-state index is 12.8. The van der Waals surface area contributed by atoms with Crippen molar-refractivity contribution in [3.63, 3.8) is 0 Å². The molecule has 0 aliphatic heterocycles. The Morgan fingerprint density at radius 2 is 0.731 bits per heavy atom. The van der Waals surface area contributed by atoms with Crippen LogP contribution >= 0.6 is 0 Å². The summed E-state index contributed by atoms with van der Waals surface area (Å²) in [6, 6.07) is 0. The van der Waals surface area contributed by atoms with E-state index >= 15 is 0 Å². The third-order valence-electron chi connectivity index (χ3n) is 2.58. The van der Waals surface area contributed by atoms with Gasteiger partial charge >= 0.3 is 99.9 Å². The minimum atomic E-state index is -8.50. The van der Waals surface area contributed by atoms with E-state index in [1.165, 1.54) is 0 Å². The first-order valence-electron chi connectivity index (χ1n) is 4.99. The normalized spacial score (nSPS) is 15.5. The number of alkyl halides is 15. The van der Waals surface area contributed by atoms with Gasteiger partial charge in [-0.1, -0.05) is 0 Å². The van der Waals surface area contributed by atoms with Crippen LogP contribution < -0.4 is 63.3 Å². The number of rotatable bonds is 6. The molecule has 0 aliphatic carbocycles. The minimum Gasteiger partial charge on any atom is -0.544 e. The van der Waals surface area contributed by atoms with Crippen molar-refractivity contribution in [2.24, 2.45) is 0 Å². The van der Waals surface area contributed by atoms with Crippen molar-refractivity contribution in [2.75, 3.05) is 0 Å². The number of carboxylic acids is 1. The molecule has 0 amide bonds. The fourth-order valence-electron chi connectivity index (χ4n) is 1.09. The molecule has 0 N–H and O–H groups in total. The summed E-state index contributed by atoms with van der Waals surface area (Å²) in [7, 11) is 0. The predicted molar refractivity (Wildman–Crippen MR) is 40.7 cm³/mol. The van der Waals surface area contributed by atoms with Gasteiger partial charge in [-0.3, -0.25) is 0 Å². The molecule has 0 saturated carbocycles. The molecule has 18 heteroatoms. The predicted octanol–water partition coefficient (Wildman–Crippen LogP) is 0.114. The SMILES string of the molecule is O=C([O-])C(F)(F)C(F)(F)C(F)(F)C(F)(F)C(F)(F)C(F)(F)C(F)(F)F.[Rb+]. The first-order valence-corrected chi connectivity index (χ1v) is 4.99. The Morgan fingerprint density at radius 1 is 0.500 bits per heavy atom. The fourth-order valence-corrected chi connectivity index (χ4v) is 1.09. The molecule has 0 aliphatic rings. The van der Waals surface area contributed by atoms with E-state index in [4.69, 9.17) is 0 Å². The molecule has 0 aromatic rings. The van der Waals surface area contributed by atoms with Gasteiger partial charge in [-0.05, 0) is 0 Å². The van der Waals surface area contributed by atoms with E-state index in [1.54, 1.807) is 0 Å². The Hall–Kier alpha value is 0.225. The van der Waals surface area contributed by atoms with Crippen LogP contribution in [-0.2, 0) is 4.79 Å². The van der Waals surface area contributed by atoms with Crippen LogP contribution in [0.4, 0.5) is 65.9 Å². The van der Waals surface area contributed by atoms with Crippen molar-refractivity contribution in [3.8, 4) is 0 Å². The van der Waals surface area contributed by atoms with Crippen molar-refractivity contribution in [1.29, 1.82) is 0 Å². The van der Waals surface area contributed by atoms with Crippen molar-refractivity contribution in [2.45, 2.75) is 41.7 Å². The molecule has 26 heavy (non-hydrogen) atoms. The van der Waals surface area contributed by atoms with Crippen molar-refractivity contribution >= 4 is 5.97 Å². The summed E-state index contributed by atoms with van der Waals surface area (Å²) in [5.41, 5.74) is 0. The van der Waals surface area contributed by atoms with Crippen LogP contribution in [0.3, 0.4) is 0 Å². The topological polar surface area (TPSA) is 40.1 Å². The molecule has 0 spiro atoms. The van der Waals surface area contributed by atoms with Crippen LogP contribution in [0.15, 0.2) is 0 Å². The third-order valence-corrected chi connectivity index (χ3v) is 2.58. The largest absolute Gasteiger partial charge is 1.00 e. The van der Waals surface area contributed by atoms with Crippen LogP contribution in [0.5, 0.6) is 0 Å². The summed E-state index contributed by atoms with van der Waals surface area (Å²) in [6.45, 7) is 0. The van der Waals surface area contributed by atoms with E-state index in [0.717, 1.165) is 0 Å². The second kappa shape index (κ2) is 7.24. The number of halogens is 15. The summed E-state index contributed by atoms with van der Waals surface area (Å²) in [5.74, 6) is -53.3. The smallest absolute Gasteiger partial charge is 0.544 e. The molecule has 0 rings (SSSR count). The number of aliphatic carboxylic acids is 1. The van der Waals surface area contributed by atoms with Gasteiger partial charge in [-0.15, -0.1) is 0 Å². The Bertz CT molecular complexity index is 536. The van der Waals surface area contributed by atoms with Crippen LogP contribution in [0.25, 0.3) is 0 Å². The molecule has 0 aromatic carbocycles. The summed E-state index contributed by atoms with van der Waals surface area (Å²) < 4.78 is 186. The first-order chi connectivity index (χ1) is 10.4. The van der Waals surface area contributed by atoms with E-state index in [-0.39, 0.29) is 58.2 Å². The molecule has 0 fully saturated rings. The molecule has 0 atom stereocenters. The third kappa shape index (κ3) is 3.60. The summed E-state index contributed by atoms with van der Waals surface area (Å²) >= 11 is 0. The van der Waals surface area contributed by atoms with Crippen LogP contribution in [-0.4, -0.2) is 47.7 Å². The second-order valence-electron chi connectivity index (χ2n) is 4.23. The van der Waals surface area contributed by atoms with Gasteiger partial charge in [0.05, 0.1) is 0 Å². The van der Waals surface area contributed by atoms with Gasteiger partial charge in [0.15, 0.2) is 0 Å². The molecule has 0 heterocycles. The quantitative estimate of drug-likeness (QED) is 0.488.